The van der Waals surface area contributed by atoms with E-state index in [2.05, 4.69) is 68.4 Å². The maximum Gasteiger partial charge on any atom is 0.123 e. The van der Waals surface area contributed by atoms with Crippen molar-refractivity contribution in [1.29, 1.82) is 0 Å². The first-order valence-electron chi connectivity index (χ1n) is 7.55. The zero-order valence-corrected chi connectivity index (χ0v) is 13.7. The monoisotopic (exact) mass is 286 g/mol. The Hall–Kier alpha value is -1.74. The van der Waals surface area contributed by atoms with Crippen molar-refractivity contribution in [3.8, 4) is 0 Å². The van der Waals surface area contributed by atoms with Crippen molar-refractivity contribution >= 4 is 5.69 Å². The first kappa shape index (κ1) is 15.6. The number of nitrogens with zero attached hydrogens (tertiary/aromatic N) is 1. The molecule has 0 bridgehead atoms. The first-order valence-corrected chi connectivity index (χ1v) is 7.55. The number of anilines is 1. The molecule has 0 radical (unpaired) electrons. The predicted molar refractivity (Wildman–Crippen MR) is 88.7 cm³/mol. The van der Waals surface area contributed by atoms with E-state index in [4.69, 9.17) is 4.42 Å². The van der Waals surface area contributed by atoms with Gasteiger partial charge in [0.2, 0.25) is 0 Å². The van der Waals surface area contributed by atoms with Gasteiger partial charge in [0, 0.05) is 30.9 Å². The summed E-state index contributed by atoms with van der Waals surface area (Å²) in [6, 6.07) is 11.2. The topological polar surface area (TPSA) is 28.4 Å². The van der Waals surface area contributed by atoms with Crippen molar-refractivity contribution in [2.75, 3.05) is 11.9 Å². The van der Waals surface area contributed by atoms with Gasteiger partial charge < -0.3 is 14.6 Å². The van der Waals surface area contributed by atoms with Gasteiger partial charge in [-0.1, -0.05) is 26.0 Å². The third-order valence-corrected chi connectivity index (χ3v) is 3.61. The molecule has 1 aromatic carbocycles. The summed E-state index contributed by atoms with van der Waals surface area (Å²) in [7, 11) is 2.10. The third-order valence-electron chi connectivity index (χ3n) is 3.61. The largest absolute Gasteiger partial charge is 0.464 e. The van der Waals surface area contributed by atoms with Gasteiger partial charge in [-0.15, -0.1) is 0 Å². The van der Waals surface area contributed by atoms with Crippen LogP contribution < -0.4 is 10.2 Å². The van der Waals surface area contributed by atoms with Gasteiger partial charge in [0.1, 0.15) is 11.5 Å². The lowest BCUT2D eigenvalue weighted by molar-refractivity contribution is 0.476. The first-order chi connectivity index (χ1) is 9.95. The lowest BCUT2D eigenvalue weighted by atomic mass is 10.2. The lowest BCUT2D eigenvalue weighted by Crippen LogP contribution is -2.21. The second-order valence-electron chi connectivity index (χ2n) is 6.02. The molecule has 0 saturated heterocycles. The van der Waals surface area contributed by atoms with Crippen molar-refractivity contribution in [3.05, 3.63) is 53.0 Å². The summed E-state index contributed by atoms with van der Waals surface area (Å²) in [5, 5.41) is 3.43. The summed E-state index contributed by atoms with van der Waals surface area (Å²) in [6.45, 7) is 10.1. The van der Waals surface area contributed by atoms with Gasteiger partial charge in [0.25, 0.3) is 0 Å². The fourth-order valence-corrected chi connectivity index (χ4v) is 2.35. The van der Waals surface area contributed by atoms with Gasteiger partial charge in [-0.3, -0.25) is 0 Å². The molecule has 0 aliphatic carbocycles. The molecule has 1 heterocycles. The minimum absolute atomic E-state index is 0.484. The average Bonchev–Trinajstić information content (AvgIpc) is 2.76. The van der Waals surface area contributed by atoms with E-state index in [9.17, 15) is 0 Å². The third kappa shape index (κ3) is 4.36. The molecule has 114 valence electrons. The van der Waals surface area contributed by atoms with Gasteiger partial charge in [-0.05, 0) is 37.6 Å². The van der Waals surface area contributed by atoms with E-state index in [0.29, 0.717) is 6.04 Å². The molecule has 3 heteroatoms. The van der Waals surface area contributed by atoms with Crippen LogP contribution in [0.4, 0.5) is 5.69 Å². The normalized spacial score (nSPS) is 11.1. The van der Waals surface area contributed by atoms with Crippen LogP contribution in [0.1, 0.15) is 36.5 Å². The molecule has 1 N–H and O–H groups in total. The smallest absolute Gasteiger partial charge is 0.123 e. The maximum atomic E-state index is 5.89. The Labute approximate surface area is 128 Å². The minimum Gasteiger partial charge on any atom is -0.464 e. The van der Waals surface area contributed by atoms with Gasteiger partial charge >= 0.3 is 0 Å². The quantitative estimate of drug-likeness (QED) is 0.869. The van der Waals surface area contributed by atoms with Crippen LogP contribution in [-0.4, -0.2) is 13.1 Å². The number of rotatable bonds is 6. The van der Waals surface area contributed by atoms with E-state index >= 15 is 0 Å². The van der Waals surface area contributed by atoms with Crippen LogP contribution in [0.5, 0.6) is 0 Å². The van der Waals surface area contributed by atoms with Gasteiger partial charge in [-0.25, -0.2) is 0 Å². The molecule has 21 heavy (non-hydrogen) atoms. The van der Waals surface area contributed by atoms with Crippen molar-refractivity contribution in [3.63, 3.8) is 0 Å². The van der Waals surface area contributed by atoms with Crippen LogP contribution in [-0.2, 0) is 13.1 Å². The second-order valence-corrected chi connectivity index (χ2v) is 6.02. The van der Waals surface area contributed by atoms with Crippen molar-refractivity contribution in [2.45, 2.75) is 46.8 Å². The van der Waals surface area contributed by atoms with Crippen LogP contribution in [0.2, 0.25) is 0 Å². The van der Waals surface area contributed by atoms with E-state index in [0.717, 1.165) is 24.6 Å². The fourth-order valence-electron chi connectivity index (χ4n) is 2.35. The van der Waals surface area contributed by atoms with Crippen LogP contribution in [0, 0.1) is 13.8 Å². The zero-order chi connectivity index (χ0) is 15.4. The maximum absolute atomic E-state index is 5.89. The highest BCUT2D eigenvalue weighted by Gasteiger charge is 2.10. The van der Waals surface area contributed by atoms with Crippen LogP contribution in [0.25, 0.3) is 0 Å². The van der Waals surface area contributed by atoms with E-state index in [1.54, 1.807) is 0 Å². The average molecular weight is 286 g/mol. The van der Waals surface area contributed by atoms with Crippen molar-refractivity contribution in [1.82, 2.24) is 5.32 Å². The molecule has 0 aliphatic heterocycles. The zero-order valence-electron chi connectivity index (χ0n) is 13.7. The summed E-state index contributed by atoms with van der Waals surface area (Å²) in [5.74, 6) is 2.02. The Balaban J connectivity index is 2.04. The van der Waals surface area contributed by atoms with E-state index < -0.39 is 0 Å². The molecule has 2 aromatic rings. The van der Waals surface area contributed by atoms with E-state index in [1.165, 1.54) is 16.8 Å². The van der Waals surface area contributed by atoms with E-state index in [-0.39, 0.29) is 0 Å². The van der Waals surface area contributed by atoms with E-state index in [1.807, 2.05) is 6.92 Å². The van der Waals surface area contributed by atoms with Crippen LogP contribution in [0.15, 0.2) is 34.7 Å². The summed E-state index contributed by atoms with van der Waals surface area (Å²) < 4.78 is 5.89. The molecule has 0 aliphatic rings. The number of nitrogens with one attached hydrogen (secondary N) is 1. The summed E-state index contributed by atoms with van der Waals surface area (Å²) >= 11 is 0. The highest BCUT2D eigenvalue weighted by Crippen LogP contribution is 2.20. The number of aryl methyl sites for hydroxylation is 2. The molecule has 0 fully saturated rings. The number of furan rings is 1. The van der Waals surface area contributed by atoms with Crippen LogP contribution >= 0.6 is 0 Å². The molecular weight excluding hydrogens is 260 g/mol. The Morgan fingerprint density at radius 2 is 1.95 bits per heavy atom. The number of hydrogen-bond acceptors (Lipinski definition) is 3. The van der Waals surface area contributed by atoms with Crippen LogP contribution in [0.3, 0.4) is 0 Å². The fraction of sp³-hybridized carbons (Fsp3) is 0.444. The minimum atomic E-state index is 0.484. The SMILES string of the molecule is Cc1cccc(N(C)Cc2cc(CNC(C)C)c(C)o2)c1. The Morgan fingerprint density at radius 1 is 1.19 bits per heavy atom. The molecule has 0 unspecified atom stereocenters. The number of hydrogen-bond donors (Lipinski definition) is 1. The van der Waals surface area contributed by atoms with Gasteiger partial charge in [-0.2, -0.15) is 0 Å². The summed E-state index contributed by atoms with van der Waals surface area (Å²) in [5.41, 5.74) is 3.74. The Bertz CT molecular complexity index is 587. The summed E-state index contributed by atoms with van der Waals surface area (Å²) in [4.78, 5) is 2.21. The van der Waals surface area contributed by atoms with Crippen molar-refractivity contribution < 1.29 is 4.42 Å². The number of benzene rings is 1. The second kappa shape index (κ2) is 6.81. The molecule has 0 atom stereocenters. The van der Waals surface area contributed by atoms with Gasteiger partial charge in [0.05, 0.1) is 6.54 Å². The lowest BCUT2D eigenvalue weighted by Gasteiger charge is -2.18. The predicted octanol–water partition coefficient (Wildman–Crippen LogP) is 4.03. The van der Waals surface area contributed by atoms with Gasteiger partial charge in [0.15, 0.2) is 0 Å². The summed E-state index contributed by atoms with van der Waals surface area (Å²) in [6.07, 6.45) is 0. The molecule has 0 amide bonds. The highest BCUT2D eigenvalue weighted by molar-refractivity contribution is 5.47. The molecule has 0 spiro atoms. The van der Waals surface area contributed by atoms with Crippen molar-refractivity contribution in [2.24, 2.45) is 0 Å². The molecule has 3 nitrogen and oxygen atoms in total. The molecule has 2 rings (SSSR count). The Kier molecular flexibility index (Phi) is 5.07. The Morgan fingerprint density at radius 3 is 2.62 bits per heavy atom. The molecule has 1 aromatic heterocycles. The molecular formula is C18H26N2O. The highest BCUT2D eigenvalue weighted by atomic mass is 16.3. The standard InChI is InChI=1S/C18H26N2O/c1-13(2)19-11-16-10-18(21-15(16)4)12-20(5)17-8-6-7-14(3)9-17/h6-10,13,19H,11-12H2,1-5H3. The molecule has 0 saturated carbocycles.